The summed E-state index contributed by atoms with van der Waals surface area (Å²) in [7, 11) is 0. The lowest BCUT2D eigenvalue weighted by molar-refractivity contribution is -0.131. The van der Waals surface area contributed by atoms with Gasteiger partial charge < -0.3 is 4.74 Å². The summed E-state index contributed by atoms with van der Waals surface area (Å²) >= 11 is 0. The Labute approximate surface area is 173 Å². The highest BCUT2D eigenvalue weighted by Crippen LogP contribution is 2.36. The Kier molecular flexibility index (Phi) is 3.57. The van der Waals surface area contributed by atoms with Crippen LogP contribution in [0.15, 0.2) is 91.0 Å². The fraction of sp³-hybridized carbons (Fsp3) is 0.0357. The van der Waals surface area contributed by atoms with Gasteiger partial charge in [-0.05, 0) is 90.9 Å². The maximum atomic E-state index is 11.6. The van der Waals surface area contributed by atoms with E-state index in [1.165, 1.54) is 44.6 Å². The van der Waals surface area contributed by atoms with E-state index in [1.54, 1.807) is 0 Å². The molecule has 0 aliphatic heterocycles. The molecular weight excluding hydrogens is 368 g/mol. The average molecular weight is 386 g/mol. The highest BCUT2D eigenvalue weighted by Gasteiger charge is 2.09. The number of rotatable bonds is 1. The Hall–Kier alpha value is -3.91. The number of hydrogen-bond donors (Lipinski definition) is 0. The normalized spacial score (nSPS) is 11.6. The molecule has 0 aliphatic rings. The Morgan fingerprint density at radius 1 is 0.533 bits per heavy atom. The minimum atomic E-state index is -0.307. The van der Waals surface area contributed by atoms with Gasteiger partial charge in [0, 0.05) is 12.3 Å². The molecule has 142 valence electrons. The van der Waals surface area contributed by atoms with Gasteiger partial charge in [0.1, 0.15) is 5.75 Å². The summed E-state index contributed by atoms with van der Waals surface area (Å²) < 4.78 is 5.47. The van der Waals surface area contributed by atoms with Crippen LogP contribution in [0.2, 0.25) is 0 Å². The van der Waals surface area contributed by atoms with E-state index in [4.69, 9.17) is 4.74 Å². The van der Waals surface area contributed by atoms with Gasteiger partial charge in [-0.25, -0.2) is 0 Å². The van der Waals surface area contributed by atoms with Gasteiger partial charge in [-0.2, -0.15) is 0 Å². The summed E-state index contributed by atoms with van der Waals surface area (Å²) in [6.45, 7) is 1.44. The van der Waals surface area contributed by atoms with Crippen LogP contribution in [-0.4, -0.2) is 5.97 Å². The van der Waals surface area contributed by atoms with Gasteiger partial charge in [-0.3, -0.25) is 4.79 Å². The first-order valence-corrected chi connectivity index (χ1v) is 10.1. The Morgan fingerprint density at radius 2 is 1.07 bits per heavy atom. The minimum absolute atomic E-state index is 0.307. The van der Waals surface area contributed by atoms with E-state index in [9.17, 15) is 4.79 Å². The summed E-state index contributed by atoms with van der Waals surface area (Å²) in [4.78, 5) is 11.6. The van der Waals surface area contributed by atoms with E-state index in [-0.39, 0.29) is 5.97 Å². The second kappa shape index (κ2) is 6.30. The molecule has 0 heterocycles. The molecule has 2 nitrogen and oxygen atoms in total. The van der Waals surface area contributed by atoms with Crippen molar-refractivity contribution in [2.75, 3.05) is 0 Å². The van der Waals surface area contributed by atoms with Crippen molar-refractivity contribution in [1.82, 2.24) is 0 Å². The Morgan fingerprint density at radius 3 is 1.77 bits per heavy atom. The summed E-state index contributed by atoms with van der Waals surface area (Å²) in [6, 6.07) is 32.0. The molecule has 6 rings (SSSR count). The molecule has 0 unspecified atom stereocenters. The first-order valence-electron chi connectivity index (χ1n) is 10.1. The molecule has 0 saturated heterocycles. The van der Waals surface area contributed by atoms with Crippen molar-refractivity contribution in [3.63, 3.8) is 0 Å². The zero-order valence-electron chi connectivity index (χ0n) is 16.5. The van der Waals surface area contributed by atoms with Crippen molar-refractivity contribution in [2.45, 2.75) is 6.92 Å². The number of carbonyl (C=O) groups excluding carboxylic acids is 1. The molecule has 2 heteroatoms. The quantitative estimate of drug-likeness (QED) is 0.128. The van der Waals surface area contributed by atoms with Crippen LogP contribution in [0, 0.1) is 0 Å². The van der Waals surface area contributed by atoms with Gasteiger partial charge in [0.2, 0.25) is 0 Å². The van der Waals surface area contributed by atoms with Crippen LogP contribution < -0.4 is 4.74 Å². The van der Waals surface area contributed by atoms with Crippen molar-refractivity contribution in [3.05, 3.63) is 91.0 Å². The van der Waals surface area contributed by atoms with Gasteiger partial charge >= 0.3 is 5.97 Å². The number of fused-ring (bicyclic) bond motifs is 6. The lowest BCUT2D eigenvalue weighted by Crippen LogP contribution is -2.01. The summed E-state index contributed by atoms with van der Waals surface area (Å²) in [5.74, 6) is 0.295. The van der Waals surface area contributed by atoms with E-state index in [0.717, 1.165) is 16.2 Å². The van der Waals surface area contributed by atoms with E-state index in [2.05, 4.69) is 78.9 Å². The summed E-state index contributed by atoms with van der Waals surface area (Å²) in [5, 5.41) is 11.7. The number of ether oxygens (including phenoxy) is 1. The molecule has 0 spiro atoms. The van der Waals surface area contributed by atoms with Crippen molar-refractivity contribution in [2.24, 2.45) is 0 Å². The number of hydrogen-bond acceptors (Lipinski definition) is 2. The molecule has 0 radical (unpaired) electrons. The van der Waals surface area contributed by atoms with Crippen LogP contribution in [0.25, 0.3) is 53.9 Å². The van der Waals surface area contributed by atoms with E-state index >= 15 is 0 Å². The number of benzene rings is 6. The van der Waals surface area contributed by atoms with E-state index in [1.807, 2.05) is 12.1 Å². The van der Waals surface area contributed by atoms with Crippen LogP contribution in [-0.2, 0) is 4.79 Å². The second-order valence-electron chi connectivity index (χ2n) is 7.83. The molecule has 0 aromatic heterocycles. The third-order valence-corrected chi connectivity index (χ3v) is 5.87. The molecule has 0 fully saturated rings. The summed E-state index contributed by atoms with van der Waals surface area (Å²) in [5.41, 5.74) is 0. The zero-order valence-corrected chi connectivity index (χ0v) is 16.5. The zero-order chi connectivity index (χ0) is 20.2. The topological polar surface area (TPSA) is 26.3 Å². The summed E-state index contributed by atoms with van der Waals surface area (Å²) in [6.07, 6.45) is 0. The predicted octanol–water partition coefficient (Wildman–Crippen LogP) is 7.38. The van der Waals surface area contributed by atoms with Crippen molar-refractivity contribution in [3.8, 4) is 5.75 Å². The van der Waals surface area contributed by atoms with E-state index < -0.39 is 0 Å². The maximum absolute atomic E-state index is 11.6. The van der Waals surface area contributed by atoms with E-state index in [0.29, 0.717) is 5.75 Å². The van der Waals surface area contributed by atoms with Crippen molar-refractivity contribution < 1.29 is 9.53 Å². The fourth-order valence-corrected chi connectivity index (χ4v) is 4.49. The average Bonchev–Trinajstić information content (AvgIpc) is 2.75. The molecule has 6 aromatic rings. The largest absolute Gasteiger partial charge is 0.426 e. The molecule has 0 amide bonds. The molecule has 0 aliphatic carbocycles. The van der Waals surface area contributed by atoms with Gasteiger partial charge in [-0.15, -0.1) is 0 Å². The Balaban J connectivity index is 1.71. The van der Waals surface area contributed by atoms with Gasteiger partial charge in [0.15, 0.2) is 0 Å². The molecule has 0 N–H and O–H groups in total. The van der Waals surface area contributed by atoms with Crippen LogP contribution in [0.1, 0.15) is 6.92 Å². The molecule has 0 saturated carbocycles. The minimum Gasteiger partial charge on any atom is -0.426 e. The fourth-order valence-electron chi connectivity index (χ4n) is 4.49. The highest BCUT2D eigenvalue weighted by atomic mass is 16.5. The van der Waals surface area contributed by atoms with Crippen LogP contribution in [0.5, 0.6) is 5.75 Å². The molecule has 30 heavy (non-hydrogen) atoms. The van der Waals surface area contributed by atoms with Gasteiger partial charge in [0.25, 0.3) is 0 Å². The second-order valence-corrected chi connectivity index (χ2v) is 7.83. The van der Waals surface area contributed by atoms with Crippen LogP contribution in [0.4, 0.5) is 0 Å². The molecule has 6 aromatic carbocycles. The molecule has 0 bridgehead atoms. The first kappa shape index (κ1) is 17.0. The Bertz CT molecular complexity index is 1640. The number of esters is 1. The first-order chi connectivity index (χ1) is 14.7. The third-order valence-electron chi connectivity index (χ3n) is 5.87. The molecular formula is C28H18O2. The number of carbonyl (C=O) groups is 1. The lowest BCUT2D eigenvalue weighted by atomic mass is 9.94. The standard InChI is InChI=1S/C28H18O2/c1-17(29)30-28-8-4-7-20-13-21-9-10-22-14-23-11-18-5-2-3-6-19(18)12-24(23)15-25(22)26(21)16-27(20)28/h2-16H,1H3. The van der Waals surface area contributed by atoms with Crippen molar-refractivity contribution in [1.29, 1.82) is 0 Å². The smallest absolute Gasteiger partial charge is 0.308 e. The molecule has 0 atom stereocenters. The highest BCUT2D eigenvalue weighted by molar-refractivity contribution is 6.16. The van der Waals surface area contributed by atoms with Crippen molar-refractivity contribution >= 4 is 59.8 Å². The lowest BCUT2D eigenvalue weighted by Gasteiger charge is -2.11. The SMILES string of the molecule is CC(=O)Oc1cccc2cc3ccc4cc5cc6ccccc6cc5cc4c3cc12. The third kappa shape index (κ3) is 2.61. The monoisotopic (exact) mass is 386 g/mol. The van der Waals surface area contributed by atoms with Gasteiger partial charge in [0.05, 0.1) is 0 Å². The van der Waals surface area contributed by atoms with Crippen LogP contribution >= 0.6 is 0 Å². The maximum Gasteiger partial charge on any atom is 0.308 e. The predicted molar refractivity (Wildman–Crippen MR) is 125 cm³/mol. The van der Waals surface area contributed by atoms with Gasteiger partial charge in [-0.1, -0.05) is 48.5 Å². The van der Waals surface area contributed by atoms with Crippen LogP contribution in [0.3, 0.4) is 0 Å².